The van der Waals surface area contributed by atoms with E-state index in [0.717, 1.165) is 13.2 Å². The average Bonchev–Trinajstić information content (AvgIpc) is 2.28. The van der Waals surface area contributed by atoms with Crippen LogP contribution in [0.3, 0.4) is 0 Å². The van der Waals surface area contributed by atoms with Crippen LogP contribution in [0.5, 0.6) is 0 Å². The number of hydrogen-bond acceptors (Lipinski definition) is 3. The second-order valence-electron chi connectivity index (χ2n) is 4.55. The van der Waals surface area contributed by atoms with Gasteiger partial charge >= 0.3 is 0 Å². The van der Waals surface area contributed by atoms with Crippen molar-refractivity contribution in [2.75, 3.05) is 40.4 Å². The topological polar surface area (TPSA) is 24.5 Å². The summed E-state index contributed by atoms with van der Waals surface area (Å²) in [5.41, 5.74) is 0. The highest BCUT2D eigenvalue weighted by Crippen LogP contribution is 2.03. The van der Waals surface area contributed by atoms with E-state index in [0.29, 0.717) is 6.04 Å². The van der Waals surface area contributed by atoms with Gasteiger partial charge in [0.2, 0.25) is 0 Å². The molecule has 0 amide bonds. The molecule has 1 N–H and O–H groups in total. The summed E-state index contributed by atoms with van der Waals surface area (Å²) in [4.78, 5) is 2.38. The number of rotatable bonds is 11. The minimum absolute atomic E-state index is 0.534. The summed E-state index contributed by atoms with van der Waals surface area (Å²) >= 11 is 0. The van der Waals surface area contributed by atoms with E-state index in [1.807, 2.05) is 0 Å². The Morgan fingerprint density at radius 2 is 1.88 bits per heavy atom. The van der Waals surface area contributed by atoms with E-state index in [4.69, 9.17) is 4.74 Å². The molecule has 0 radical (unpaired) electrons. The summed E-state index contributed by atoms with van der Waals surface area (Å²) in [6.07, 6.45) is 5.30. The number of unbranched alkanes of at least 4 members (excludes halogenated alkanes) is 3. The van der Waals surface area contributed by atoms with E-state index in [9.17, 15) is 0 Å². The van der Waals surface area contributed by atoms with Gasteiger partial charge in [-0.15, -0.1) is 0 Å². The monoisotopic (exact) mass is 230 g/mol. The van der Waals surface area contributed by atoms with Crippen molar-refractivity contribution in [3.8, 4) is 0 Å². The fraction of sp³-hybridized carbons (Fsp3) is 1.00. The molecular formula is C13H30N2O. The highest BCUT2D eigenvalue weighted by Gasteiger charge is 2.07. The number of ether oxygens (including phenoxy) is 1. The number of methoxy groups -OCH3 is 1. The normalized spacial score (nSPS) is 13.3. The van der Waals surface area contributed by atoms with Gasteiger partial charge in [-0.05, 0) is 46.4 Å². The lowest BCUT2D eigenvalue weighted by Gasteiger charge is -2.23. The predicted octanol–water partition coefficient (Wildman–Crippen LogP) is 2.12. The zero-order valence-electron chi connectivity index (χ0n) is 11.6. The van der Waals surface area contributed by atoms with Gasteiger partial charge in [0.15, 0.2) is 0 Å². The van der Waals surface area contributed by atoms with Gasteiger partial charge in [0.25, 0.3) is 0 Å². The molecule has 0 aromatic heterocycles. The van der Waals surface area contributed by atoms with E-state index in [-0.39, 0.29) is 0 Å². The van der Waals surface area contributed by atoms with Gasteiger partial charge in [0.1, 0.15) is 0 Å². The third-order valence-corrected chi connectivity index (χ3v) is 3.02. The smallest absolute Gasteiger partial charge is 0.0615 e. The van der Waals surface area contributed by atoms with Gasteiger partial charge < -0.3 is 15.0 Å². The first-order chi connectivity index (χ1) is 7.72. The minimum atomic E-state index is 0.534. The van der Waals surface area contributed by atoms with Gasteiger partial charge in [-0.3, -0.25) is 0 Å². The van der Waals surface area contributed by atoms with Crippen molar-refractivity contribution in [2.24, 2.45) is 0 Å². The molecule has 0 aliphatic heterocycles. The van der Waals surface area contributed by atoms with Crippen molar-refractivity contribution >= 4 is 0 Å². The highest BCUT2D eigenvalue weighted by molar-refractivity contribution is 4.62. The molecule has 0 heterocycles. The highest BCUT2D eigenvalue weighted by atomic mass is 16.5. The third kappa shape index (κ3) is 9.13. The van der Waals surface area contributed by atoms with Crippen LogP contribution in [0.2, 0.25) is 0 Å². The largest absolute Gasteiger partial charge is 0.383 e. The average molecular weight is 230 g/mol. The van der Waals surface area contributed by atoms with Crippen LogP contribution in [-0.2, 0) is 4.74 Å². The predicted molar refractivity (Wildman–Crippen MR) is 71.0 cm³/mol. The lowest BCUT2D eigenvalue weighted by molar-refractivity contribution is 0.114. The maximum absolute atomic E-state index is 5.15. The standard InChI is InChI=1S/C13H30N2O/c1-5-14-10-8-6-7-9-11-15(3)13(2)12-16-4/h13-14H,5-12H2,1-4H3. The zero-order valence-corrected chi connectivity index (χ0v) is 11.6. The van der Waals surface area contributed by atoms with Crippen molar-refractivity contribution < 1.29 is 4.74 Å². The first-order valence-corrected chi connectivity index (χ1v) is 6.62. The van der Waals surface area contributed by atoms with Gasteiger partial charge in [0, 0.05) is 13.2 Å². The molecule has 0 aliphatic rings. The fourth-order valence-corrected chi connectivity index (χ4v) is 1.73. The fourth-order valence-electron chi connectivity index (χ4n) is 1.73. The quantitative estimate of drug-likeness (QED) is 0.550. The van der Waals surface area contributed by atoms with Crippen molar-refractivity contribution in [3.05, 3.63) is 0 Å². The molecule has 0 spiro atoms. The van der Waals surface area contributed by atoms with Gasteiger partial charge in [-0.25, -0.2) is 0 Å². The third-order valence-electron chi connectivity index (χ3n) is 3.02. The first kappa shape index (κ1) is 15.9. The van der Waals surface area contributed by atoms with Crippen LogP contribution in [0.15, 0.2) is 0 Å². The molecule has 0 rings (SSSR count). The Morgan fingerprint density at radius 1 is 1.19 bits per heavy atom. The maximum Gasteiger partial charge on any atom is 0.0615 e. The summed E-state index contributed by atoms with van der Waals surface area (Å²) in [6, 6.07) is 0.534. The summed E-state index contributed by atoms with van der Waals surface area (Å²) in [6.45, 7) is 8.66. The van der Waals surface area contributed by atoms with Crippen molar-refractivity contribution in [1.29, 1.82) is 0 Å². The SMILES string of the molecule is CCNCCCCCCN(C)C(C)COC. The Bertz CT molecular complexity index is 142. The maximum atomic E-state index is 5.15. The number of likely N-dealkylation sites (N-methyl/N-ethyl adjacent to an activating group) is 1. The van der Waals surface area contributed by atoms with E-state index < -0.39 is 0 Å². The van der Waals surface area contributed by atoms with Crippen LogP contribution >= 0.6 is 0 Å². The minimum Gasteiger partial charge on any atom is -0.383 e. The van der Waals surface area contributed by atoms with Crippen molar-refractivity contribution in [3.63, 3.8) is 0 Å². The summed E-state index contributed by atoms with van der Waals surface area (Å²) in [5, 5.41) is 3.36. The lowest BCUT2D eigenvalue weighted by atomic mass is 10.2. The summed E-state index contributed by atoms with van der Waals surface area (Å²) < 4.78 is 5.15. The van der Waals surface area contributed by atoms with E-state index in [2.05, 4.69) is 31.1 Å². The first-order valence-electron chi connectivity index (χ1n) is 6.62. The molecule has 0 bridgehead atoms. The Labute approximate surface area is 102 Å². The van der Waals surface area contributed by atoms with E-state index in [1.54, 1.807) is 7.11 Å². The summed E-state index contributed by atoms with van der Waals surface area (Å²) in [5.74, 6) is 0. The Morgan fingerprint density at radius 3 is 2.50 bits per heavy atom. The second kappa shape index (κ2) is 11.4. The lowest BCUT2D eigenvalue weighted by Crippen LogP contribution is -2.33. The van der Waals surface area contributed by atoms with Crippen LogP contribution < -0.4 is 5.32 Å². The molecule has 3 heteroatoms. The molecule has 1 unspecified atom stereocenters. The van der Waals surface area contributed by atoms with Gasteiger partial charge in [0.05, 0.1) is 6.61 Å². The number of hydrogen-bond donors (Lipinski definition) is 1. The summed E-state index contributed by atoms with van der Waals surface area (Å²) in [7, 11) is 3.95. The van der Waals surface area contributed by atoms with E-state index >= 15 is 0 Å². The molecule has 16 heavy (non-hydrogen) atoms. The number of nitrogens with one attached hydrogen (secondary N) is 1. The Kier molecular flexibility index (Phi) is 11.3. The molecule has 0 aliphatic carbocycles. The Balaban J connectivity index is 3.23. The van der Waals surface area contributed by atoms with Crippen LogP contribution in [0.1, 0.15) is 39.5 Å². The zero-order chi connectivity index (χ0) is 12.2. The van der Waals surface area contributed by atoms with Crippen LogP contribution in [0.25, 0.3) is 0 Å². The van der Waals surface area contributed by atoms with Crippen LogP contribution in [0.4, 0.5) is 0 Å². The van der Waals surface area contributed by atoms with Gasteiger partial charge in [-0.1, -0.05) is 19.8 Å². The number of nitrogens with zero attached hydrogens (tertiary/aromatic N) is 1. The van der Waals surface area contributed by atoms with Crippen molar-refractivity contribution in [1.82, 2.24) is 10.2 Å². The molecule has 3 nitrogen and oxygen atoms in total. The van der Waals surface area contributed by atoms with Gasteiger partial charge in [-0.2, -0.15) is 0 Å². The molecule has 0 saturated heterocycles. The van der Waals surface area contributed by atoms with E-state index in [1.165, 1.54) is 38.8 Å². The molecule has 0 aromatic carbocycles. The Hall–Kier alpha value is -0.120. The second-order valence-corrected chi connectivity index (χ2v) is 4.55. The molecule has 0 saturated carbocycles. The van der Waals surface area contributed by atoms with Crippen molar-refractivity contribution in [2.45, 2.75) is 45.6 Å². The molecule has 1 atom stereocenters. The molecule has 0 fully saturated rings. The van der Waals surface area contributed by atoms with Crippen LogP contribution in [0, 0.1) is 0 Å². The molecule has 0 aromatic rings. The molecule has 98 valence electrons. The van der Waals surface area contributed by atoms with Crippen LogP contribution in [-0.4, -0.2) is 51.3 Å². The molecular weight excluding hydrogens is 200 g/mol.